The first-order valence-corrected chi connectivity index (χ1v) is 17.1. The third-order valence-electron chi connectivity index (χ3n) is 7.92. The number of aryl methyl sites for hydroxylation is 2. The predicted molar refractivity (Wildman–Crippen MR) is 189 cm³/mol. The van der Waals surface area contributed by atoms with Crippen molar-refractivity contribution in [3.63, 3.8) is 0 Å². The first-order valence-electron chi connectivity index (χ1n) is 14.2. The highest BCUT2D eigenvalue weighted by Crippen LogP contribution is 2.43. The Labute approximate surface area is 299 Å². The molecule has 13 heteroatoms. The number of pyridine rings is 2. The summed E-state index contributed by atoms with van der Waals surface area (Å²) in [5, 5.41) is 21.2. The smallest absolute Gasteiger partial charge is 0.159 e. The molecule has 0 amide bonds. The fourth-order valence-electron chi connectivity index (χ4n) is 5.89. The van der Waals surface area contributed by atoms with Crippen LogP contribution in [0, 0.1) is 18.8 Å². The number of phenolic OH excluding ortho intramolecular Hbond substituents is 2. The second kappa shape index (κ2) is 12.9. The first kappa shape index (κ1) is 32.9. The second-order valence-electron chi connectivity index (χ2n) is 10.7. The number of aromatic nitrogens is 4. The van der Waals surface area contributed by atoms with E-state index in [1.165, 1.54) is 48.8 Å². The predicted octanol–water partition coefficient (Wildman–Crippen LogP) is 8.85. The maximum Gasteiger partial charge on any atom is 0.159 e. The van der Waals surface area contributed by atoms with Crippen LogP contribution in [0.1, 0.15) is 59.6 Å². The van der Waals surface area contributed by atoms with Crippen molar-refractivity contribution in [2.24, 2.45) is 0 Å². The highest BCUT2D eigenvalue weighted by molar-refractivity contribution is 14.1. The van der Waals surface area contributed by atoms with E-state index in [-0.39, 0.29) is 21.5 Å². The van der Waals surface area contributed by atoms with E-state index < -0.39 is 29.3 Å². The monoisotopic (exact) mass is 886 g/mol. The van der Waals surface area contributed by atoms with Gasteiger partial charge in [0.1, 0.15) is 34.4 Å². The largest absolute Gasteiger partial charge is 0.505 e. The number of ketones is 1. The average molecular weight is 887 g/mol. The minimum Gasteiger partial charge on any atom is -0.505 e. The Kier molecular flexibility index (Phi) is 9.22. The van der Waals surface area contributed by atoms with Crippen LogP contribution in [0.5, 0.6) is 11.5 Å². The van der Waals surface area contributed by atoms with Crippen molar-refractivity contribution in [2.45, 2.75) is 38.5 Å². The molecule has 0 spiro atoms. The number of phenols is 2. The van der Waals surface area contributed by atoms with Crippen LogP contribution in [-0.4, -0.2) is 34.8 Å². The zero-order valence-corrected chi connectivity index (χ0v) is 30.0. The van der Waals surface area contributed by atoms with Crippen LogP contribution >= 0.6 is 68.4 Å². The molecule has 6 rings (SSSR count). The van der Waals surface area contributed by atoms with Crippen LogP contribution in [0.15, 0.2) is 60.9 Å². The van der Waals surface area contributed by atoms with Crippen molar-refractivity contribution in [3.8, 4) is 11.5 Å². The zero-order chi connectivity index (χ0) is 33.0. The molecule has 2 aromatic carbocycles. The third-order valence-corrected chi connectivity index (χ3v) is 10.1. The van der Waals surface area contributed by atoms with E-state index in [4.69, 9.17) is 33.2 Å². The van der Waals surface area contributed by atoms with Crippen molar-refractivity contribution in [2.75, 3.05) is 0 Å². The van der Waals surface area contributed by atoms with Crippen LogP contribution < -0.4 is 0 Å². The molecule has 2 N–H and O–H groups in total. The number of hydrogen-bond donors (Lipinski definition) is 2. The summed E-state index contributed by atoms with van der Waals surface area (Å²) in [7, 11) is 0. The van der Waals surface area contributed by atoms with Gasteiger partial charge in [0.05, 0.1) is 51.8 Å². The summed E-state index contributed by atoms with van der Waals surface area (Å²) in [5.74, 6) is -3.95. The third kappa shape index (κ3) is 5.73. The van der Waals surface area contributed by atoms with E-state index in [1.807, 2.05) is 59.0 Å². The van der Waals surface area contributed by atoms with Crippen molar-refractivity contribution < 1.29 is 23.8 Å². The van der Waals surface area contributed by atoms with Gasteiger partial charge < -0.3 is 10.2 Å². The molecule has 4 aromatic heterocycles. The number of imidazole rings is 2. The van der Waals surface area contributed by atoms with Gasteiger partial charge in [0.2, 0.25) is 0 Å². The summed E-state index contributed by atoms with van der Waals surface area (Å²) in [5.41, 5.74) is 3.69. The number of nitrogens with zero attached hydrogens (tertiary/aromatic N) is 4. The van der Waals surface area contributed by atoms with Crippen LogP contribution in [0.4, 0.5) is 8.78 Å². The van der Waals surface area contributed by atoms with Crippen LogP contribution in [0.2, 0.25) is 10.0 Å². The van der Waals surface area contributed by atoms with E-state index >= 15 is 4.79 Å². The number of carbonyl (C=O) groups excluding carboxylic acids is 1. The Morgan fingerprint density at radius 3 is 1.50 bits per heavy atom. The molecule has 0 fully saturated rings. The van der Waals surface area contributed by atoms with Gasteiger partial charge in [-0.05, 0) is 118 Å². The topological polar surface area (TPSA) is 92.1 Å². The lowest BCUT2D eigenvalue weighted by molar-refractivity contribution is -0.120. The maximum absolute atomic E-state index is 15.6. The van der Waals surface area contributed by atoms with Crippen LogP contribution in [0.3, 0.4) is 0 Å². The van der Waals surface area contributed by atoms with Gasteiger partial charge in [-0.15, -0.1) is 0 Å². The lowest BCUT2D eigenvalue weighted by atomic mass is 9.79. The Bertz CT molecular complexity index is 1990. The summed E-state index contributed by atoms with van der Waals surface area (Å²) >= 11 is 16.9. The molecular formula is C33H24Cl2F2I2N4O3. The molecule has 7 nitrogen and oxygen atoms in total. The summed E-state index contributed by atoms with van der Waals surface area (Å²) in [6.07, 6.45) is 3.39. The number of hydrogen-bond acceptors (Lipinski definition) is 5. The van der Waals surface area contributed by atoms with Crippen molar-refractivity contribution in [3.05, 3.63) is 124 Å². The molecule has 2 unspecified atom stereocenters. The molecule has 0 aliphatic rings. The van der Waals surface area contributed by atoms with Crippen LogP contribution in [0.25, 0.3) is 11.3 Å². The molecule has 0 saturated heterocycles. The molecule has 0 radical (unpaired) electrons. The first-order chi connectivity index (χ1) is 21.9. The number of halogens is 6. The van der Waals surface area contributed by atoms with Gasteiger partial charge in [0.15, 0.2) is 5.78 Å². The Morgan fingerprint density at radius 2 is 1.15 bits per heavy atom. The van der Waals surface area contributed by atoms with E-state index in [0.29, 0.717) is 65.2 Å². The quantitative estimate of drug-likeness (QED) is 0.149. The normalized spacial score (nSPS) is 13.0. The Hall–Kier alpha value is -3.01. The van der Waals surface area contributed by atoms with Crippen molar-refractivity contribution in [1.82, 2.24) is 18.8 Å². The molecule has 4 heterocycles. The SMILES string of the molecule is CCc1nc2ccc(F)cn2c1C(C(=O)C(c1cc(Cl)c(O)c(I)c1)c1c(CC)nc2ccc(F)cn12)c1cc(Cl)c(O)c(I)c1. The minimum absolute atomic E-state index is 0.0302. The van der Waals surface area contributed by atoms with Gasteiger partial charge in [-0.1, -0.05) is 37.0 Å². The summed E-state index contributed by atoms with van der Waals surface area (Å²) in [6.45, 7) is 3.78. The molecule has 236 valence electrons. The van der Waals surface area contributed by atoms with E-state index in [9.17, 15) is 19.0 Å². The second-order valence-corrected chi connectivity index (χ2v) is 13.8. The highest BCUT2D eigenvalue weighted by Gasteiger charge is 2.39. The number of fused-ring (bicyclic) bond motifs is 2. The minimum atomic E-state index is -1.11. The molecule has 2 atom stereocenters. The van der Waals surface area contributed by atoms with E-state index in [0.717, 1.165) is 0 Å². The van der Waals surface area contributed by atoms with Gasteiger partial charge in [-0.3, -0.25) is 13.6 Å². The maximum atomic E-state index is 15.6. The standard InChI is InChI=1S/C33H24Cl2F2I2N4O3/c1-3-23-29(42-13-17(36)5-7-25(42)40-23)27(15-9-19(34)31(44)21(38)11-15)33(46)28(16-10-20(35)32(45)22(39)12-16)30-24(4-2)41-26-8-6-18(37)14-43(26)30/h5-14,27-28,44-45H,3-4H2,1-2H3. The molecule has 46 heavy (non-hydrogen) atoms. The zero-order valence-electron chi connectivity index (χ0n) is 24.2. The molecular weight excluding hydrogens is 863 g/mol. The van der Waals surface area contributed by atoms with Gasteiger partial charge in [-0.25, -0.2) is 18.7 Å². The van der Waals surface area contributed by atoms with Crippen LogP contribution in [-0.2, 0) is 17.6 Å². The number of carbonyl (C=O) groups is 1. The molecule has 0 aliphatic carbocycles. The Morgan fingerprint density at radius 1 is 0.761 bits per heavy atom. The molecule has 0 bridgehead atoms. The van der Waals surface area contributed by atoms with Gasteiger partial charge in [-0.2, -0.15) is 0 Å². The lowest BCUT2D eigenvalue weighted by Crippen LogP contribution is -2.27. The fourth-order valence-corrected chi connectivity index (χ4v) is 7.96. The van der Waals surface area contributed by atoms with Gasteiger partial charge in [0.25, 0.3) is 0 Å². The summed E-state index contributed by atoms with van der Waals surface area (Å²) in [4.78, 5) is 25.0. The highest BCUT2D eigenvalue weighted by atomic mass is 127. The average Bonchev–Trinajstić information content (AvgIpc) is 3.56. The number of rotatable bonds is 8. The van der Waals surface area contributed by atoms with Gasteiger partial charge in [0, 0.05) is 12.4 Å². The van der Waals surface area contributed by atoms with Gasteiger partial charge >= 0.3 is 0 Å². The fraction of sp³-hybridized carbons (Fsp3) is 0.182. The summed E-state index contributed by atoms with van der Waals surface area (Å²) in [6, 6.07) is 12.0. The molecule has 0 saturated carbocycles. The molecule has 6 aromatic rings. The number of benzene rings is 2. The Balaban J connectivity index is 1.73. The van der Waals surface area contributed by atoms with E-state index in [2.05, 4.69) is 0 Å². The molecule has 0 aliphatic heterocycles. The lowest BCUT2D eigenvalue weighted by Gasteiger charge is -2.26. The number of aromatic hydroxyl groups is 2. The van der Waals surface area contributed by atoms with Crippen molar-refractivity contribution in [1.29, 1.82) is 0 Å². The van der Waals surface area contributed by atoms with Crippen molar-refractivity contribution >= 4 is 85.5 Å². The van der Waals surface area contributed by atoms with E-state index in [1.54, 1.807) is 20.9 Å². The number of Topliss-reactive ketones (excluding diaryl/α,β-unsaturated/α-hetero) is 1. The summed E-state index contributed by atoms with van der Waals surface area (Å²) < 4.78 is 33.5.